The van der Waals surface area contributed by atoms with E-state index in [1.807, 2.05) is 6.07 Å². The number of methoxy groups -OCH3 is 1. The van der Waals surface area contributed by atoms with E-state index in [4.69, 9.17) is 9.47 Å². The molecule has 4 rings (SSSR count). The van der Waals surface area contributed by atoms with Crippen molar-refractivity contribution >= 4 is 22.4 Å². The Hall–Kier alpha value is -2.10. The van der Waals surface area contributed by atoms with Gasteiger partial charge in [0, 0.05) is 31.8 Å². The number of carbonyl (C=O) groups is 1. The maximum Gasteiger partial charge on any atom is 0.230 e. The molecule has 2 aliphatic rings. The van der Waals surface area contributed by atoms with Crippen molar-refractivity contribution in [1.29, 1.82) is 0 Å². The number of nitrogens with one attached hydrogen (secondary N) is 1. The third-order valence-electron chi connectivity index (χ3n) is 5.03. The Morgan fingerprint density at radius 2 is 2.41 bits per heavy atom. The van der Waals surface area contributed by atoms with Crippen LogP contribution in [0.25, 0.3) is 0 Å². The van der Waals surface area contributed by atoms with Gasteiger partial charge in [-0.05, 0) is 31.0 Å². The third kappa shape index (κ3) is 3.42. The van der Waals surface area contributed by atoms with E-state index in [2.05, 4.69) is 20.2 Å². The Bertz CT molecular complexity index is 874. The van der Waals surface area contributed by atoms with Crippen LogP contribution in [0.2, 0.25) is 0 Å². The zero-order valence-corrected chi connectivity index (χ0v) is 16.1. The molecule has 1 spiro atoms. The van der Waals surface area contributed by atoms with Crippen LogP contribution >= 0.6 is 11.3 Å². The molecule has 0 saturated carbocycles. The van der Waals surface area contributed by atoms with Gasteiger partial charge in [-0.3, -0.25) is 9.69 Å². The van der Waals surface area contributed by atoms with Crippen LogP contribution in [0.1, 0.15) is 35.8 Å². The van der Waals surface area contributed by atoms with Gasteiger partial charge in [0.05, 0.1) is 18.6 Å². The zero-order valence-electron chi connectivity index (χ0n) is 15.2. The molecular formula is C18H21FN4O3S. The Kier molecular flexibility index (Phi) is 4.83. The highest BCUT2D eigenvalue weighted by atomic mass is 32.1. The number of carbonyl (C=O) groups excluding carboxylic acids is 1. The number of piperidine rings is 1. The normalized spacial score (nSPS) is 22.0. The number of rotatable bonds is 4. The van der Waals surface area contributed by atoms with Crippen molar-refractivity contribution in [2.45, 2.75) is 38.5 Å². The molecule has 144 valence electrons. The van der Waals surface area contributed by atoms with E-state index in [0.29, 0.717) is 35.6 Å². The molecule has 7 nitrogen and oxygen atoms in total. The average Bonchev–Trinajstić information content (AvgIpc) is 3.15. The van der Waals surface area contributed by atoms with Gasteiger partial charge in [-0.15, -0.1) is 0 Å². The molecule has 1 saturated heterocycles. The van der Waals surface area contributed by atoms with Gasteiger partial charge in [0.15, 0.2) is 5.13 Å². The van der Waals surface area contributed by atoms with Gasteiger partial charge in [-0.1, -0.05) is 11.3 Å². The first kappa shape index (κ1) is 18.3. The molecule has 2 aromatic heterocycles. The van der Waals surface area contributed by atoms with Gasteiger partial charge in [0.25, 0.3) is 0 Å². The van der Waals surface area contributed by atoms with E-state index < -0.39 is 11.5 Å². The Morgan fingerprint density at radius 3 is 3.19 bits per heavy atom. The van der Waals surface area contributed by atoms with Crippen molar-refractivity contribution in [3.63, 3.8) is 0 Å². The van der Waals surface area contributed by atoms with Crippen LogP contribution in [0.15, 0.2) is 12.3 Å². The number of pyridine rings is 1. The molecule has 27 heavy (non-hydrogen) atoms. The highest BCUT2D eigenvalue weighted by molar-refractivity contribution is 7.15. The van der Waals surface area contributed by atoms with Crippen LogP contribution in [-0.4, -0.2) is 41.0 Å². The molecule has 0 aromatic carbocycles. The lowest BCUT2D eigenvalue weighted by molar-refractivity contribution is -0.114. The zero-order chi connectivity index (χ0) is 19.0. The number of aromatic nitrogens is 2. The first-order chi connectivity index (χ1) is 13.0. The number of thiazole rings is 1. The van der Waals surface area contributed by atoms with E-state index in [0.717, 1.165) is 30.5 Å². The van der Waals surface area contributed by atoms with Gasteiger partial charge in [0.2, 0.25) is 17.7 Å². The van der Waals surface area contributed by atoms with Crippen LogP contribution in [0, 0.1) is 5.95 Å². The van der Waals surface area contributed by atoms with Crippen LogP contribution < -0.4 is 10.1 Å². The maximum atomic E-state index is 14.2. The number of anilines is 1. The number of hydrogen-bond acceptors (Lipinski definition) is 7. The smallest absolute Gasteiger partial charge is 0.230 e. The number of likely N-dealkylation sites (tertiary alicyclic amines) is 1. The molecule has 0 aliphatic carbocycles. The second-order valence-corrected chi connectivity index (χ2v) is 7.94. The minimum absolute atomic E-state index is 0.259. The predicted octanol–water partition coefficient (Wildman–Crippen LogP) is 2.67. The van der Waals surface area contributed by atoms with Gasteiger partial charge in [-0.2, -0.15) is 9.37 Å². The highest BCUT2D eigenvalue weighted by Crippen LogP contribution is 2.45. The summed E-state index contributed by atoms with van der Waals surface area (Å²) in [5.74, 6) is -0.178. The number of nitrogens with zero attached hydrogens (tertiary/aromatic N) is 3. The van der Waals surface area contributed by atoms with Gasteiger partial charge in [-0.25, -0.2) is 4.98 Å². The number of fused-ring (bicyclic) bond motifs is 2. The number of ether oxygens (including phenoxy) is 2. The fourth-order valence-electron chi connectivity index (χ4n) is 3.92. The minimum atomic E-state index is -0.526. The molecule has 1 atom stereocenters. The largest absolute Gasteiger partial charge is 0.481 e. The van der Waals surface area contributed by atoms with Crippen molar-refractivity contribution in [2.24, 2.45) is 0 Å². The van der Waals surface area contributed by atoms with Crippen molar-refractivity contribution in [1.82, 2.24) is 14.9 Å². The minimum Gasteiger partial charge on any atom is -0.481 e. The number of halogens is 1. The summed E-state index contributed by atoms with van der Waals surface area (Å²) in [6.07, 6.45) is 3.60. The quantitative estimate of drug-likeness (QED) is 0.862. The predicted molar refractivity (Wildman–Crippen MR) is 98.1 cm³/mol. The Labute approximate surface area is 160 Å². The lowest BCUT2D eigenvalue weighted by Crippen LogP contribution is -2.45. The van der Waals surface area contributed by atoms with Crippen LogP contribution in [0.4, 0.5) is 9.52 Å². The van der Waals surface area contributed by atoms with Gasteiger partial charge >= 0.3 is 0 Å². The summed E-state index contributed by atoms with van der Waals surface area (Å²) in [7, 11) is 1.61. The third-order valence-corrected chi connectivity index (χ3v) is 5.96. The Morgan fingerprint density at radius 1 is 1.56 bits per heavy atom. The van der Waals surface area contributed by atoms with Crippen molar-refractivity contribution in [3.8, 4) is 5.88 Å². The van der Waals surface area contributed by atoms with E-state index in [-0.39, 0.29) is 5.91 Å². The van der Waals surface area contributed by atoms with E-state index >= 15 is 0 Å². The SMILES string of the molecule is COc1nccc2c1COC21CCCN(Cc2sc(NC(C)=O)nc2F)C1. The molecular weight excluding hydrogens is 371 g/mol. The first-order valence-electron chi connectivity index (χ1n) is 8.82. The fourth-order valence-corrected chi connectivity index (χ4v) is 4.85. The van der Waals surface area contributed by atoms with E-state index in [9.17, 15) is 9.18 Å². The van der Waals surface area contributed by atoms with Crippen LogP contribution in [0.5, 0.6) is 5.88 Å². The number of amides is 1. The fraction of sp³-hybridized carbons (Fsp3) is 0.500. The Balaban J connectivity index is 1.54. The monoisotopic (exact) mass is 392 g/mol. The van der Waals surface area contributed by atoms with Crippen LogP contribution in [-0.2, 0) is 28.3 Å². The van der Waals surface area contributed by atoms with Crippen molar-refractivity contribution < 1.29 is 18.7 Å². The summed E-state index contributed by atoms with van der Waals surface area (Å²) in [6, 6.07) is 2.00. The summed E-state index contributed by atoms with van der Waals surface area (Å²) in [4.78, 5) is 21.9. The molecule has 2 aromatic rings. The molecule has 1 amide bonds. The standard InChI is InChI=1S/C18H21FN4O3S/c1-11(24)21-17-22-15(19)14(27-17)8-23-7-3-5-18(10-23)13-4-6-20-16(25-2)12(13)9-26-18/h4,6H,3,5,7-10H2,1-2H3,(H,21,22,24). The lowest BCUT2D eigenvalue weighted by atomic mass is 9.85. The molecule has 1 N–H and O–H groups in total. The van der Waals surface area contributed by atoms with Gasteiger partial charge < -0.3 is 14.8 Å². The second kappa shape index (κ2) is 7.14. The summed E-state index contributed by atoms with van der Waals surface area (Å²) < 4.78 is 25.8. The van der Waals surface area contributed by atoms with E-state index in [1.165, 1.54) is 18.3 Å². The van der Waals surface area contributed by atoms with Crippen molar-refractivity contribution in [3.05, 3.63) is 34.2 Å². The lowest BCUT2D eigenvalue weighted by Gasteiger charge is -2.40. The molecule has 9 heteroatoms. The first-order valence-corrected chi connectivity index (χ1v) is 9.64. The highest BCUT2D eigenvalue weighted by Gasteiger charge is 2.44. The summed E-state index contributed by atoms with van der Waals surface area (Å²) in [5, 5.41) is 2.83. The summed E-state index contributed by atoms with van der Waals surface area (Å²) >= 11 is 1.17. The van der Waals surface area contributed by atoms with Crippen LogP contribution in [0.3, 0.4) is 0 Å². The molecule has 0 bridgehead atoms. The molecule has 1 fully saturated rings. The number of hydrogen-bond donors (Lipinski definition) is 1. The topological polar surface area (TPSA) is 76.6 Å². The molecule has 0 radical (unpaired) electrons. The molecule has 1 unspecified atom stereocenters. The van der Waals surface area contributed by atoms with Gasteiger partial charge in [0.1, 0.15) is 5.60 Å². The molecule has 4 heterocycles. The second-order valence-electron chi connectivity index (χ2n) is 6.86. The maximum absolute atomic E-state index is 14.2. The summed E-state index contributed by atoms with van der Waals surface area (Å²) in [5.41, 5.74) is 1.70. The molecule has 2 aliphatic heterocycles. The average molecular weight is 392 g/mol. The van der Waals surface area contributed by atoms with Crippen molar-refractivity contribution in [2.75, 3.05) is 25.5 Å². The van der Waals surface area contributed by atoms with E-state index in [1.54, 1.807) is 13.3 Å². The summed E-state index contributed by atoms with van der Waals surface area (Å²) in [6.45, 7) is 3.81.